The van der Waals surface area contributed by atoms with Crippen LogP contribution in [-0.2, 0) is 4.74 Å². The number of carbonyl (C=O) groups excluding carboxylic acids is 1. The summed E-state index contributed by atoms with van der Waals surface area (Å²) in [6.45, 7) is 0. The Bertz CT molecular complexity index is 901. The van der Waals surface area contributed by atoms with E-state index in [-0.39, 0.29) is 23.5 Å². The summed E-state index contributed by atoms with van der Waals surface area (Å²) >= 11 is 0. The summed E-state index contributed by atoms with van der Waals surface area (Å²) in [5, 5.41) is 12.6. The minimum Gasteiger partial charge on any atom is -0.478 e. The van der Waals surface area contributed by atoms with Gasteiger partial charge in [0, 0.05) is 5.92 Å². The number of fused-ring (bicyclic) bond motifs is 3. The first kappa shape index (κ1) is 16.4. The molecule has 4 rings (SSSR count). The lowest BCUT2D eigenvalue weighted by Crippen LogP contribution is -2.30. The number of carbonyl (C=O) groups is 2. The zero-order valence-electron chi connectivity index (χ0n) is 14.3. The highest BCUT2D eigenvalue weighted by atomic mass is 16.5. The molecule has 2 aromatic rings. The number of nitrogens with one attached hydrogen (secondary N) is 1. The van der Waals surface area contributed by atoms with Crippen LogP contribution in [0, 0.1) is 5.92 Å². The van der Waals surface area contributed by atoms with Gasteiger partial charge in [-0.1, -0.05) is 36.4 Å². The Hall–Kier alpha value is -3.08. The van der Waals surface area contributed by atoms with E-state index in [1.54, 1.807) is 18.2 Å². The number of allylic oxidation sites excluding steroid dienone is 2. The molecule has 26 heavy (non-hydrogen) atoms. The number of carboxylic acids is 1. The van der Waals surface area contributed by atoms with Gasteiger partial charge in [0.25, 0.3) is 0 Å². The standard InChI is InChI=1S/C21H19NO4/c1-26-21(25)17-7-3-6-16-14-4-2-5-15(14)18(22-19(16)17)12-8-10-13(11-9-12)20(23)24/h2-4,6-11,14-15,18,22H,5H2,1H3,(H,23,24)/t14-,15+,18+/m0/s1. The number of methoxy groups -OCH3 is 1. The average Bonchev–Trinajstić information content (AvgIpc) is 3.16. The predicted octanol–water partition coefficient (Wildman–Crippen LogP) is 4.00. The van der Waals surface area contributed by atoms with Crippen molar-refractivity contribution in [2.24, 2.45) is 5.92 Å². The fraction of sp³-hybridized carbons (Fsp3) is 0.238. The number of rotatable bonds is 3. The zero-order valence-corrected chi connectivity index (χ0v) is 14.3. The van der Waals surface area contributed by atoms with E-state index in [9.17, 15) is 9.59 Å². The fourth-order valence-electron chi connectivity index (χ4n) is 4.06. The van der Waals surface area contributed by atoms with Gasteiger partial charge in [0.1, 0.15) is 0 Å². The van der Waals surface area contributed by atoms with Gasteiger partial charge in [-0.3, -0.25) is 0 Å². The molecule has 0 spiro atoms. The molecule has 0 aromatic heterocycles. The molecule has 3 atom stereocenters. The number of aromatic carboxylic acids is 1. The van der Waals surface area contributed by atoms with Crippen molar-refractivity contribution in [2.45, 2.75) is 18.4 Å². The number of benzene rings is 2. The van der Waals surface area contributed by atoms with E-state index in [0.29, 0.717) is 11.5 Å². The first-order chi connectivity index (χ1) is 12.6. The second-order valence-corrected chi connectivity index (χ2v) is 6.66. The second-order valence-electron chi connectivity index (χ2n) is 6.66. The molecule has 132 valence electrons. The quantitative estimate of drug-likeness (QED) is 0.647. The van der Waals surface area contributed by atoms with E-state index in [4.69, 9.17) is 9.84 Å². The van der Waals surface area contributed by atoms with Gasteiger partial charge in [-0.05, 0) is 41.7 Å². The Morgan fingerprint density at radius 3 is 2.62 bits per heavy atom. The number of hydrogen-bond donors (Lipinski definition) is 2. The highest BCUT2D eigenvalue weighted by Gasteiger charge is 2.39. The molecule has 5 heteroatoms. The third kappa shape index (κ3) is 2.56. The van der Waals surface area contributed by atoms with Crippen molar-refractivity contribution in [1.82, 2.24) is 0 Å². The lowest BCUT2D eigenvalue weighted by molar-refractivity contribution is 0.0600. The van der Waals surface area contributed by atoms with Gasteiger partial charge < -0.3 is 15.2 Å². The van der Waals surface area contributed by atoms with Gasteiger partial charge in [-0.25, -0.2) is 9.59 Å². The minimum atomic E-state index is -0.938. The number of hydrogen-bond acceptors (Lipinski definition) is 4. The zero-order chi connectivity index (χ0) is 18.3. The van der Waals surface area contributed by atoms with Crippen LogP contribution in [0.4, 0.5) is 5.69 Å². The van der Waals surface area contributed by atoms with Crippen LogP contribution in [0.15, 0.2) is 54.6 Å². The molecule has 0 amide bonds. The molecule has 2 aromatic carbocycles. The molecule has 2 aliphatic rings. The number of para-hydroxylation sites is 1. The van der Waals surface area contributed by atoms with Crippen molar-refractivity contribution < 1.29 is 19.4 Å². The first-order valence-corrected chi connectivity index (χ1v) is 8.58. The summed E-state index contributed by atoms with van der Waals surface area (Å²) in [6.07, 6.45) is 5.31. The van der Waals surface area contributed by atoms with Crippen LogP contribution in [-0.4, -0.2) is 24.2 Å². The monoisotopic (exact) mass is 349 g/mol. The first-order valence-electron chi connectivity index (χ1n) is 8.58. The van der Waals surface area contributed by atoms with Gasteiger partial charge in [-0.15, -0.1) is 0 Å². The van der Waals surface area contributed by atoms with E-state index < -0.39 is 5.97 Å². The molecule has 0 saturated heterocycles. The van der Waals surface area contributed by atoms with Crippen molar-refractivity contribution in [2.75, 3.05) is 12.4 Å². The summed E-state index contributed by atoms with van der Waals surface area (Å²) in [6, 6.07) is 12.6. The molecule has 2 N–H and O–H groups in total. The molecule has 0 bridgehead atoms. The Labute approximate surface area is 151 Å². The minimum absolute atomic E-state index is 0.00356. The lowest BCUT2D eigenvalue weighted by atomic mass is 9.76. The van der Waals surface area contributed by atoms with Crippen molar-refractivity contribution >= 4 is 17.6 Å². The number of esters is 1. The summed E-state index contributed by atoms with van der Waals surface area (Å²) in [7, 11) is 1.38. The Balaban J connectivity index is 1.78. The Kier molecular flexibility index (Phi) is 3.99. The lowest BCUT2D eigenvalue weighted by Gasteiger charge is -2.38. The largest absolute Gasteiger partial charge is 0.478 e. The van der Waals surface area contributed by atoms with Crippen LogP contribution >= 0.6 is 0 Å². The van der Waals surface area contributed by atoms with Crippen LogP contribution in [0.1, 0.15) is 50.2 Å². The van der Waals surface area contributed by atoms with Gasteiger partial charge in [0.15, 0.2) is 0 Å². The molecular formula is C21H19NO4. The van der Waals surface area contributed by atoms with Crippen LogP contribution in [0.5, 0.6) is 0 Å². The fourth-order valence-corrected chi connectivity index (χ4v) is 4.06. The molecule has 0 unspecified atom stereocenters. The van der Waals surface area contributed by atoms with E-state index in [0.717, 1.165) is 23.2 Å². The summed E-state index contributed by atoms with van der Waals surface area (Å²) in [5.74, 6) is -0.757. The van der Waals surface area contributed by atoms with Crippen molar-refractivity contribution in [3.05, 3.63) is 76.9 Å². The SMILES string of the molecule is COC(=O)c1cccc2c1N[C@H](c1ccc(C(=O)O)cc1)[C@@H]1CC=C[C@H]21. The van der Waals surface area contributed by atoms with Crippen LogP contribution < -0.4 is 5.32 Å². The van der Waals surface area contributed by atoms with E-state index in [1.807, 2.05) is 24.3 Å². The van der Waals surface area contributed by atoms with Gasteiger partial charge in [0.05, 0.1) is 30.0 Å². The molecule has 0 fully saturated rings. The highest BCUT2D eigenvalue weighted by Crippen LogP contribution is 2.50. The topological polar surface area (TPSA) is 75.6 Å². The number of carboxylic acid groups (broad SMARTS) is 1. The number of ether oxygens (including phenoxy) is 1. The normalized spacial score (nSPS) is 22.9. The van der Waals surface area contributed by atoms with E-state index >= 15 is 0 Å². The van der Waals surface area contributed by atoms with Crippen molar-refractivity contribution in [3.63, 3.8) is 0 Å². The van der Waals surface area contributed by atoms with Gasteiger partial charge in [-0.2, -0.15) is 0 Å². The van der Waals surface area contributed by atoms with E-state index in [2.05, 4.69) is 17.5 Å². The molecule has 1 heterocycles. The van der Waals surface area contributed by atoms with Crippen LogP contribution in [0.2, 0.25) is 0 Å². The summed E-state index contributed by atoms with van der Waals surface area (Å²) in [4.78, 5) is 23.3. The van der Waals surface area contributed by atoms with Crippen LogP contribution in [0.25, 0.3) is 0 Å². The predicted molar refractivity (Wildman–Crippen MR) is 97.5 cm³/mol. The molecule has 1 aliphatic heterocycles. The molecule has 5 nitrogen and oxygen atoms in total. The second kappa shape index (κ2) is 6.33. The maximum absolute atomic E-state index is 12.2. The third-order valence-electron chi connectivity index (χ3n) is 5.32. The third-order valence-corrected chi connectivity index (χ3v) is 5.32. The summed E-state index contributed by atoms with van der Waals surface area (Å²) in [5.41, 5.74) is 3.71. The molecular weight excluding hydrogens is 330 g/mol. The van der Waals surface area contributed by atoms with Crippen molar-refractivity contribution in [3.8, 4) is 0 Å². The Morgan fingerprint density at radius 1 is 1.15 bits per heavy atom. The molecule has 1 aliphatic carbocycles. The Morgan fingerprint density at radius 2 is 1.92 bits per heavy atom. The van der Waals surface area contributed by atoms with Gasteiger partial charge in [0.2, 0.25) is 0 Å². The van der Waals surface area contributed by atoms with Crippen molar-refractivity contribution in [1.29, 1.82) is 0 Å². The maximum Gasteiger partial charge on any atom is 0.339 e. The molecule has 0 saturated carbocycles. The maximum atomic E-state index is 12.2. The van der Waals surface area contributed by atoms with Crippen LogP contribution in [0.3, 0.4) is 0 Å². The smallest absolute Gasteiger partial charge is 0.339 e. The summed E-state index contributed by atoms with van der Waals surface area (Å²) < 4.78 is 4.93. The van der Waals surface area contributed by atoms with E-state index in [1.165, 1.54) is 7.11 Å². The van der Waals surface area contributed by atoms with Gasteiger partial charge >= 0.3 is 11.9 Å². The highest BCUT2D eigenvalue weighted by molar-refractivity contribution is 5.97. The molecule has 0 radical (unpaired) electrons. The number of anilines is 1. The average molecular weight is 349 g/mol.